The van der Waals surface area contributed by atoms with Crippen LogP contribution in [0.2, 0.25) is 0 Å². The minimum atomic E-state index is 0.587. The van der Waals surface area contributed by atoms with E-state index in [0.717, 1.165) is 11.1 Å². The van der Waals surface area contributed by atoms with Crippen LogP contribution in [-0.4, -0.2) is 51.9 Å². The molecule has 0 bridgehead atoms. The molecule has 4 nitrogen and oxygen atoms in total. The highest BCUT2D eigenvalue weighted by Gasteiger charge is 1.90. The third-order valence-electron chi connectivity index (χ3n) is 3.18. The fraction of sp³-hybridized carbons (Fsp3) is 0.300. The first-order chi connectivity index (χ1) is 11.9. The van der Waals surface area contributed by atoms with E-state index in [9.17, 15) is 0 Å². The minimum Gasteiger partial charge on any atom is -0.377 e. The second-order valence-corrected chi connectivity index (χ2v) is 5.12. The van der Waals surface area contributed by atoms with Crippen molar-refractivity contribution in [1.82, 2.24) is 0 Å². The Morgan fingerprint density at radius 1 is 0.583 bits per heavy atom. The van der Waals surface area contributed by atoms with Gasteiger partial charge in [0.1, 0.15) is 0 Å². The second-order valence-electron chi connectivity index (χ2n) is 5.12. The van der Waals surface area contributed by atoms with E-state index in [-0.39, 0.29) is 0 Å². The normalized spacial score (nSPS) is 11.5. The molecule has 126 valence electrons. The van der Waals surface area contributed by atoms with E-state index in [1.807, 2.05) is 73.1 Å². The molecule has 0 unspecified atom stereocenters. The van der Waals surface area contributed by atoms with Crippen molar-refractivity contribution >= 4 is 12.4 Å². The van der Waals surface area contributed by atoms with Crippen LogP contribution in [0.5, 0.6) is 0 Å². The molecule has 24 heavy (non-hydrogen) atoms. The number of aliphatic imine (C=N–C) groups is 2. The summed E-state index contributed by atoms with van der Waals surface area (Å²) in [7, 11) is 0. The van der Waals surface area contributed by atoms with E-state index in [1.165, 1.54) is 0 Å². The first-order valence-corrected chi connectivity index (χ1v) is 8.20. The lowest BCUT2D eigenvalue weighted by Gasteiger charge is -2.03. The molecule has 0 aliphatic carbocycles. The van der Waals surface area contributed by atoms with E-state index < -0.39 is 0 Å². The molecule has 4 heteroatoms. The van der Waals surface area contributed by atoms with Crippen molar-refractivity contribution in [2.75, 3.05) is 39.5 Å². The summed E-state index contributed by atoms with van der Waals surface area (Å²) in [5, 5.41) is 0. The highest BCUT2D eigenvalue weighted by atomic mass is 16.5. The van der Waals surface area contributed by atoms with E-state index in [0.29, 0.717) is 39.5 Å². The monoisotopic (exact) mass is 324 g/mol. The molecule has 0 atom stereocenters. The van der Waals surface area contributed by atoms with E-state index in [2.05, 4.69) is 9.98 Å². The zero-order chi connectivity index (χ0) is 16.7. The summed E-state index contributed by atoms with van der Waals surface area (Å²) < 4.78 is 10.9. The number of rotatable bonds is 11. The maximum absolute atomic E-state index is 5.47. The largest absolute Gasteiger partial charge is 0.377 e. The molecule has 2 rings (SSSR count). The van der Waals surface area contributed by atoms with Crippen LogP contribution in [0.3, 0.4) is 0 Å². The van der Waals surface area contributed by atoms with Crippen molar-refractivity contribution in [3.63, 3.8) is 0 Å². The van der Waals surface area contributed by atoms with Gasteiger partial charge in [-0.1, -0.05) is 60.7 Å². The van der Waals surface area contributed by atoms with Crippen molar-refractivity contribution in [2.45, 2.75) is 0 Å². The van der Waals surface area contributed by atoms with Crippen molar-refractivity contribution in [1.29, 1.82) is 0 Å². The van der Waals surface area contributed by atoms with Crippen LogP contribution in [0.1, 0.15) is 11.1 Å². The molecule has 0 aliphatic heterocycles. The maximum Gasteiger partial charge on any atom is 0.0701 e. The Morgan fingerprint density at radius 3 is 1.42 bits per heavy atom. The molecular weight excluding hydrogens is 300 g/mol. The molecule has 0 fully saturated rings. The Kier molecular flexibility index (Phi) is 9.14. The molecule has 0 amide bonds. The van der Waals surface area contributed by atoms with Gasteiger partial charge in [0.25, 0.3) is 0 Å². The molecule has 0 aliphatic rings. The van der Waals surface area contributed by atoms with Gasteiger partial charge < -0.3 is 9.47 Å². The van der Waals surface area contributed by atoms with E-state index in [4.69, 9.17) is 9.47 Å². The molecule has 2 aromatic carbocycles. The van der Waals surface area contributed by atoms with Crippen molar-refractivity contribution in [3.05, 3.63) is 71.8 Å². The number of nitrogens with zero attached hydrogens (tertiary/aromatic N) is 2. The quantitative estimate of drug-likeness (QED) is 0.470. The predicted octanol–water partition coefficient (Wildman–Crippen LogP) is 3.26. The van der Waals surface area contributed by atoms with Crippen molar-refractivity contribution in [3.8, 4) is 0 Å². The van der Waals surface area contributed by atoms with Crippen LogP contribution in [0.4, 0.5) is 0 Å². The fourth-order valence-electron chi connectivity index (χ4n) is 1.97. The standard InChI is InChI=1S/C20H24N2O2/c1-3-7-19(8-4-1)17-21-11-13-23-15-16-24-14-12-22-18-20-9-5-2-6-10-20/h1-10,17-18H,11-16H2. The van der Waals surface area contributed by atoms with Crippen LogP contribution < -0.4 is 0 Å². The Hall–Kier alpha value is -2.30. The fourth-order valence-corrected chi connectivity index (χ4v) is 1.97. The summed E-state index contributed by atoms with van der Waals surface area (Å²) >= 11 is 0. The highest BCUT2D eigenvalue weighted by Crippen LogP contribution is 1.94. The molecule has 0 heterocycles. The van der Waals surface area contributed by atoms with Crippen LogP contribution in [0, 0.1) is 0 Å². The van der Waals surface area contributed by atoms with Crippen LogP contribution >= 0.6 is 0 Å². The topological polar surface area (TPSA) is 43.2 Å². The molecule has 0 spiro atoms. The first-order valence-electron chi connectivity index (χ1n) is 8.20. The van der Waals surface area contributed by atoms with Gasteiger partial charge in [0.2, 0.25) is 0 Å². The van der Waals surface area contributed by atoms with Gasteiger partial charge in [-0.2, -0.15) is 0 Å². The van der Waals surface area contributed by atoms with Gasteiger partial charge in [-0.15, -0.1) is 0 Å². The van der Waals surface area contributed by atoms with Crippen LogP contribution in [-0.2, 0) is 9.47 Å². The lowest BCUT2D eigenvalue weighted by molar-refractivity contribution is 0.0541. The van der Waals surface area contributed by atoms with Gasteiger partial charge in [0.05, 0.1) is 39.5 Å². The summed E-state index contributed by atoms with van der Waals surface area (Å²) in [6.07, 6.45) is 3.73. The smallest absolute Gasteiger partial charge is 0.0701 e. The predicted molar refractivity (Wildman–Crippen MR) is 99.4 cm³/mol. The number of benzene rings is 2. The summed E-state index contributed by atoms with van der Waals surface area (Å²) in [4.78, 5) is 8.64. The minimum absolute atomic E-state index is 0.587. The molecule has 0 aromatic heterocycles. The number of ether oxygens (including phenoxy) is 2. The van der Waals surface area contributed by atoms with E-state index >= 15 is 0 Å². The molecule has 0 saturated carbocycles. The van der Waals surface area contributed by atoms with E-state index in [1.54, 1.807) is 0 Å². The Labute approximate surface area is 143 Å². The van der Waals surface area contributed by atoms with Crippen molar-refractivity contribution < 1.29 is 9.47 Å². The zero-order valence-corrected chi connectivity index (χ0v) is 13.9. The SMILES string of the molecule is C(=NCCOCCOCCN=Cc1ccccc1)c1ccccc1. The van der Waals surface area contributed by atoms with Gasteiger partial charge >= 0.3 is 0 Å². The zero-order valence-electron chi connectivity index (χ0n) is 13.9. The third-order valence-corrected chi connectivity index (χ3v) is 3.18. The summed E-state index contributed by atoms with van der Waals surface area (Å²) in [5.41, 5.74) is 2.22. The maximum atomic E-state index is 5.47. The molecule has 0 radical (unpaired) electrons. The molecule has 2 aromatic rings. The van der Waals surface area contributed by atoms with Gasteiger partial charge in [-0.25, -0.2) is 0 Å². The molecule has 0 saturated heterocycles. The Morgan fingerprint density at radius 2 is 1.00 bits per heavy atom. The average Bonchev–Trinajstić information content (AvgIpc) is 2.64. The third kappa shape index (κ3) is 8.36. The summed E-state index contributed by atoms with van der Waals surface area (Å²) in [6.45, 7) is 3.72. The lowest BCUT2D eigenvalue weighted by atomic mass is 10.2. The van der Waals surface area contributed by atoms with Gasteiger partial charge in [0.15, 0.2) is 0 Å². The van der Waals surface area contributed by atoms with Gasteiger partial charge in [-0.3, -0.25) is 9.98 Å². The summed E-state index contributed by atoms with van der Waals surface area (Å²) in [5.74, 6) is 0. The Balaban J connectivity index is 1.40. The Bertz CT molecular complexity index is 542. The van der Waals surface area contributed by atoms with Gasteiger partial charge in [0, 0.05) is 12.4 Å². The number of hydrogen-bond acceptors (Lipinski definition) is 4. The highest BCUT2D eigenvalue weighted by molar-refractivity contribution is 5.79. The van der Waals surface area contributed by atoms with Crippen LogP contribution in [0.25, 0.3) is 0 Å². The van der Waals surface area contributed by atoms with Gasteiger partial charge in [-0.05, 0) is 11.1 Å². The summed E-state index contributed by atoms with van der Waals surface area (Å²) in [6, 6.07) is 20.1. The lowest BCUT2D eigenvalue weighted by Crippen LogP contribution is -2.08. The second kappa shape index (κ2) is 12.2. The molecular formula is C20H24N2O2. The average molecular weight is 324 g/mol. The van der Waals surface area contributed by atoms with Crippen molar-refractivity contribution in [2.24, 2.45) is 9.98 Å². The first kappa shape index (κ1) is 18.0. The molecule has 0 N–H and O–H groups in total. The van der Waals surface area contributed by atoms with Crippen LogP contribution in [0.15, 0.2) is 70.6 Å². The number of hydrogen-bond donors (Lipinski definition) is 0.